The molecule has 0 aromatic carbocycles. The summed E-state index contributed by atoms with van der Waals surface area (Å²) in [5, 5.41) is 11.7. The minimum Gasteiger partial charge on any atom is -0.354 e. The van der Waals surface area contributed by atoms with Crippen LogP contribution in [0.5, 0.6) is 0 Å². The highest BCUT2D eigenvalue weighted by Gasteiger charge is 2.22. The van der Waals surface area contributed by atoms with Gasteiger partial charge in [0.25, 0.3) is 0 Å². The van der Waals surface area contributed by atoms with Gasteiger partial charge in [-0.1, -0.05) is 13.3 Å². The molecule has 1 saturated carbocycles. The van der Waals surface area contributed by atoms with Crippen LogP contribution in [0.3, 0.4) is 0 Å². The van der Waals surface area contributed by atoms with Crippen molar-refractivity contribution in [2.45, 2.75) is 50.4 Å². The second kappa shape index (κ2) is 8.26. The fourth-order valence-corrected chi connectivity index (χ4v) is 3.87. The van der Waals surface area contributed by atoms with Crippen molar-refractivity contribution in [3.8, 4) is 0 Å². The molecule has 2 rings (SSSR count). The second-order valence-corrected chi connectivity index (χ2v) is 6.89. The molecule has 7 heteroatoms. The summed E-state index contributed by atoms with van der Waals surface area (Å²) in [6.07, 6.45) is 6.67. The molecule has 21 heavy (non-hydrogen) atoms. The molecular formula is C14H26N6S. The van der Waals surface area contributed by atoms with Gasteiger partial charge in [0.15, 0.2) is 5.96 Å². The number of hydrogen-bond acceptors (Lipinski definition) is 4. The molecule has 0 bridgehead atoms. The molecule has 1 aromatic rings. The van der Waals surface area contributed by atoms with Crippen LogP contribution in [0, 0.1) is 0 Å². The Morgan fingerprint density at radius 3 is 3.05 bits per heavy atom. The van der Waals surface area contributed by atoms with E-state index in [2.05, 4.69) is 44.4 Å². The van der Waals surface area contributed by atoms with Gasteiger partial charge in [-0.25, -0.2) is 4.98 Å². The molecule has 1 aromatic heterocycles. The molecule has 1 fully saturated rings. The molecule has 0 radical (unpaired) electrons. The predicted octanol–water partition coefficient (Wildman–Crippen LogP) is 1.54. The highest BCUT2D eigenvalue weighted by molar-refractivity contribution is 7.99. The van der Waals surface area contributed by atoms with E-state index in [9.17, 15) is 0 Å². The van der Waals surface area contributed by atoms with Crippen molar-refractivity contribution < 1.29 is 0 Å². The molecule has 0 aliphatic heterocycles. The molecule has 0 spiro atoms. The van der Waals surface area contributed by atoms with Crippen LogP contribution >= 0.6 is 11.8 Å². The molecule has 118 valence electrons. The highest BCUT2D eigenvalue weighted by Crippen LogP contribution is 2.28. The van der Waals surface area contributed by atoms with Crippen molar-refractivity contribution in [1.82, 2.24) is 25.4 Å². The van der Waals surface area contributed by atoms with Gasteiger partial charge in [0.05, 0.1) is 6.54 Å². The minimum absolute atomic E-state index is 0.522. The molecule has 2 unspecified atom stereocenters. The van der Waals surface area contributed by atoms with Crippen molar-refractivity contribution in [2.75, 3.05) is 12.8 Å². The normalized spacial score (nSPS) is 23.1. The zero-order chi connectivity index (χ0) is 15.1. The quantitative estimate of drug-likeness (QED) is 0.638. The van der Waals surface area contributed by atoms with Gasteiger partial charge in [0.1, 0.15) is 12.2 Å². The largest absolute Gasteiger partial charge is 0.354 e. The number of aryl methyl sites for hydroxylation is 1. The SMILES string of the molecule is CCSC1CCCC(NC(=NC)NCc2ncnn2C)C1. The second-order valence-electron chi connectivity index (χ2n) is 5.31. The lowest BCUT2D eigenvalue weighted by Crippen LogP contribution is -2.45. The first-order valence-corrected chi connectivity index (χ1v) is 8.69. The van der Waals surface area contributed by atoms with Gasteiger partial charge < -0.3 is 10.6 Å². The van der Waals surface area contributed by atoms with E-state index in [1.165, 1.54) is 31.4 Å². The van der Waals surface area contributed by atoms with Gasteiger partial charge in [-0.2, -0.15) is 16.9 Å². The van der Waals surface area contributed by atoms with Crippen LogP contribution < -0.4 is 10.6 Å². The smallest absolute Gasteiger partial charge is 0.191 e. The average molecular weight is 310 g/mol. The third kappa shape index (κ3) is 4.91. The number of aromatic nitrogens is 3. The number of rotatable bonds is 5. The molecule has 2 N–H and O–H groups in total. The van der Waals surface area contributed by atoms with Gasteiger partial charge in [-0.05, 0) is 25.0 Å². The first-order valence-electron chi connectivity index (χ1n) is 7.64. The van der Waals surface area contributed by atoms with E-state index in [4.69, 9.17) is 0 Å². The van der Waals surface area contributed by atoms with Gasteiger partial charge in [0, 0.05) is 25.4 Å². The average Bonchev–Trinajstić information content (AvgIpc) is 2.89. The molecular weight excluding hydrogens is 284 g/mol. The Kier molecular flexibility index (Phi) is 6.35. The fourth-order valence-electron chi connectivity index (χ4n) is 2.69. The summed E-state index contributed by atoms with van der Waals surface area (Å²) >= 11 is 2.08. The Labute approximate surface area is 131 Å². The van der Waals surface area contributed by atoms with Gasteiger partial charge >= 0.3 is 0 Å². The van der Waals surface area contributed by atoms with Crippen molar-refractivity contribution in [1.29, 1.82) is 0 Å². The van der Waals surface area contributed by atoms with Gasteiger partial charge in [-0.3, -0.25) is 9.67 Å². The summed E-state index contributed by atoms with van der Waals surface area (Å²) in [5.74, 6) is 2.96. The molecule has 1 aliphatic carbocycles. The maximum absolute atomic E-state index is 4.31. The predicted molar refractivity (Wildman–Crippen MR) is 88.5 cm³/mol. The fraction of sp³-hybridized carbons (Fsp3) is 0.786. The van der Waals surface area contributed by atoms with Crippen LogP contribution in [0.4, 0.5) is 0 Å². The van der Waals surface area contributed by atoms with Crippen molar-refractivity contribution >= 4 is 17.7 Å². The lowest BCUT2D eigenvalue weighted by Gasteiger charge is -2.30. The number of nitrogens with zero attached hydrogens (tertiary/aromatic N) is 4. The standard InChI is InChI=1S/C14H26N6S/c1-4-21-12-7-5-6-11(8-12)19-14(15-2)16-9-13-17-10-18-20(13)3/h10-12H,4-9H2,1-3H3,(H2,15,16,19). The van der Waals surface area contributed by atoms with Crippen LogP contribution in [-0.4, -0.2) is 44.8 Å². The summed E-state index contributed by atoms with van der Waals surface area (Å²) in [4.78, 5) is 8.52. The van der Waals surface area contributed by atoms with Crippen LogP contribution in [0.15, 0.2) is 11.3 Å². The lowest BCUT2D eigenvalue weighted by atomic mass is 9.95. The maximum atomic E-state index is 4.31. The van der Waals surface area contributed by atoms with E-state index < -0.39 is 0 Å². The number of aliphatic imine (C=N–C) groups is 1. The Morgan fingerprint density at radius 2 is 2.38 bits per heavy atom. The van der Waals surface area contributed by atoms with Crippen molar-refractivity contribution in [3.05, 3.63) is 12.2 Å². The van der Waals surface area contributed by atoms with Crippen LogP contribution in [0.2, 0.25) is 0 Å². The number of nitrogens with one attached hydrogen (secondary N) is 2. The Bertz CT molecular complexity index is 456. The zero-order valence-electron chi connectivity index (χ0n) is 13.2. The van der Waals surface area contributed by atoms with E-state index in [-0.39, 0.29) is 0 Å². The maximum Gasteiger partial charge on any atom is 0.191 e. The van der Waals surface area contributed by atoms with E-state index in [1.807, 2.05) is 14.1 Å². The van der Waals surface area contributed by atoms with Crippen molar-refractivity contribution in [3.63, 3.8) is 0 Å². The third-order valence-electron chi connectivity index (χ3n) is 3.81. The zero-order valence-corrected chi connectivity index (χ0v) is 14.0. The molecule has 1 heterocycles. The Morgan fingerprint density at radius 1 is 1.52 bits per heavy atom. The van der Waals surface area contributed by atoms with Gasteiger partial charge in [0.2, 0.25) is 0 Å². The van der Waals surface area contributed by atoms with Crippen LogP contribution in [0.25, 0.3) is 0 Å². The number of hydrogen-bond donors (Lipinski definition) is 2. The van der Waals surface area contributed by atoms with Crippen LogP contribution in [0.1, 0.15) is 38.4 Å². The minimum atomic E-state index is 0.522. The number of thioether (sulfide) groups is 1. The molecule has 1 aliphatic rings. The summed E-state index contributed by atoms with van der Waals surface area (Å²) < 4.78 is 1.77. The van der Waals surface area contributed by atoms with Crippen LogP contribution in [-0.2, 0) is 13.6 Å². The monoisotopic (exact) mass is 310 g/mol. The highest BCUT2D eigenvalue weighted by atomic mass is 32.2. The van der Waals surface area contributed by atoms with E-state index in [0.717, 1.165) is 17.0 Å². The molecule has 6 nitrogen and oxygen atoms in total. The van der Waals surface area contributed by atoms with E-state index in [0.29, 0.717) is 12.6 Å². The molecule has 0 saturated heterocycles. The Balaban J connectivity index is 1.80. The molecule has 2 atom stereocenters. The number of guanidine groups is 1. The molecule has 0 amide bonds. The lowest BCUT2D eigenvalue weighted by molar-refractivity contribution is 0.418. The first-order chi connectivity index (χ1) is 10.2. The van der Waals surface area contributed by atoms with Gasteiger partial charge in [-0.15, -0.1) is 0 Å². The summed E-state index contributed by atoms with van der Waals surface area (Å²) in [6, 6.07) is 0.522. The Hall–Kier alpha value is -1.24. The summed E-state index contributed by atoms with van der Waals surface area (Å²) in [7, 11) is 3.71. The van der Waals surface area contributed by atoms with E-state index >= 15 is 0 Å². The first kappa shape index (κ1) is 16.1. The van der Waals surface area contributed by atoms with E-state index in [1.54, 1.807) is 11.0 Å². The van der Waals surface area contributed by atoms with Crippen molar-refractivity contribution in [2.24, 2.45) is 12.0 Å². The summed E-state index contributed by atoms with van der Waals surface area (Å²) in [5.41, 5.74) is 0. The summed E-state index contributed by atoms with van der Waals surface area (Å²) in [6.45, 7) is 2.87. The topological polar surface area (TPSA) is 67.1 Å². The third-order valence-corrected chi connectivity index (χ3v) is 5.04.